The number of carbonyl (C=O) groups excluding carboxylic acids is 3. The fourth-order valence-corrected chi connectivity index (χ4v) is 3.97. The van der Waals surface area contributed by atoms with Gasteiger partial charge < -0.3 is 5.32 Å². The average molecular weight is 439 g/mol. The lowest BCUT2D eigenvalue weighted by Gasteiger charge is -2.12. The molecule has 0 aliphatic carbocycles. The molecule has 0 fully saturated rings. The minimum Gasteiger partial charge on any atom is -0.300 e. The fourth-order valence-electron chi connectivity index (χ4n) is 2.25. The summed E-state index contributed by atoms with van der Waals surface area (Å²) in [7, 11) is 0. The van der Waals surface area contributed by atoms with Crippen molar-refractivity contribution in [3.63, 3.8) is 0 Å². The zero-order valence-electron chi connectivity index (χ0n) is 12.3. The van der Waals surface area contributed by atoms with Gasteiger partial charge in [0.05, 0.1) is 36.9 Å². The van der Waals surface area contributed by atoms with Gasteiger partial charge >= 0.3 is 0 Å². The molecular weight excluding hydrogens is 432 g/mol. The van der Waals surface area contributed by atoms with E-state index < -0.39 is 24.3 Å². The van der Waals surface area contributed by atoms with E-state index >= 15 is 0 Å². The number of rotatable bonds is 3. The second-order valence-corrected chi connectivity index (χ2v) is 7.41. The van der Waals surface area contributed by atoms with Gasteiger partial charge in [-0.15, -0.1) is 11.3 Å². The molecule has 1 aliphatic rings. The van der Waals surface area contributed by atoms with Crippen LogP contribution in [-0.4, -0.2) is 34.2 Å². The lowest BCUT2D eigenvalue weighted by Crippen LogP contribution is -2.37. The summed E-state index contributed by atoms with van der Waals surface area (Å²) in [5.41, 5.74) is 0.414. The van der Waals surface area contributed by atoms with Crippen molar-refractivity contribution in [3.05, 3.63) is 42.3 Å². The Kier molecular flexibility index (Phi) is 4.96. The number of carbonyl (C=O) groups is 3. The van der Waals surface area contributed by atoms with E-state index in [0.29, 0.717) is 5.13 Å². The molecule has 0 bridgehead atoms. The van der Waals surface area contributed by atoms with Gasteiger partial charge in [-0.2, -0.15) is 0 Å². The van der Waals surface area contributed by atoms with Gasteiger partial charge in [0.1, 0.15) is 6.54 Å². The molecule has 0 unspecified atom stereocenters. The first-order valence-corrected chi connectivity index (χ1v) is 9.05. The largest absolute Gasteiger partial charge is 0.300 e. The number of thiazole rings is 1. The van der Waals surface area contributed by atoms with E-state index in [4.69, 9.17) is 46.4 Å². The van der Waals surface area contributed by atoms with Crippen molar-refractivity contribution >= 4 is 80.6 Å². The van der Waals surface area contributed by atoms with E-state index in [2.05, 4.69) is 10.3 Å². The van der Waals surface area contributed by atoms with Crippen molar-refractivity contribution < 1.29 is 14.4 Å². The number of aromatic nitrogens is 1. The molecule has 130 valence electrons. The Morgan fingerprint density at radius 1 is 1.08 bits per heavy atom. The summed E-state index contributed by atoms with van der Waals surface area (Å²) >= 11 is 25.1. The van der Waals surface area contributed by atoms with Crippen LogP contribution in [-0.2, 0) is 4.79 Å². The summed E-state index contributed by atoms with van der Waals surface area (Å²) in [4.78, 5) is 41.9. The Bertz CT molecular complexity index is 897. The standard InChI is InChI=1S/C14H7Cl4N3O3S/c1-4-3-25-14(19-4)20-5(22)2-21-12(23)6-7(13(21)24)9(16)11(18)10(17)8(6)15/h3H,2H2,1H3,(H,19,20,22). The van der Waals surface area contributed by atoms with Crippen LogP contribution in [0.5, 0.6) is 0 Å². The smallest absolute Gasteiger partial charge is 0.263 e. The molecule has 3 amide bonds. The minimum atomic E-state index is -0.768. The average Bonchev–Trinajstić information content (AvgIpc) is 3.06. The van der Waals surface area contributed by atoms with Crippen LogP contribution < -0.4 is 5.32 Å². The number of fused-ring (bicyclic) bond motifs is 1. The molecule has 1 aromatic heterocycles. The molecule has 1 N–H and O–H groups in total. The molecule has 1 aliphatic heterocycles. The lowest BCUT2D eigenvalue weighted by molar-refractivity contribution is -0.116. The van der Waals surface area contributed by atoms with Crippen molar-refractivity contribution in [1.82, 2.24) is 9.88 Å². The molecule has 2 aromatic rings. The van der Waals surface area contributed by atoms with Crippen LogP contribution in [0.2, 0.25) is 20.1 Å². The van der Waals surface area contributed by atoms with Crippen LogP contribution in [0.3, 0.4) is 0 Å². The predicted octanol–water partition coefficient (Wildman–Crippen LogP) is 4.30. The van der Waals surface area contributed by atoms with Gasteiger partial charge in [0.15, 0.2) is 5.13 Å². The molecule has 0 atom stereocenters. The van der Waals surface area contributed by atoms with E-state index in [1.807, 2.05) is 0 Å². The molecule has 2 heterocycles. The predicted molar refractivity (Wildman–Crippen MR) is 97.3 cm³/mol. The Morgan fingerprint density at radius 2 is 1.60 bits per heavy atom. The Morgan fingerprint density at radius 3 is 2.04 bits per heavy atom. The third kappa shape index (κ3) is 3.11. The Hall–Kier alpha value is -1.38. The molecule has 25 heavy (non-hydrogen) atoms. The molecule has 1 aromatic carbocycles. The molecule has 6 nitrogen and oxygen atoms in total. The number of amides is 3. The molecule has 0 spiro atoms. The van der Waals surface area contributed by atoms with E-state index in [-0.39, 0.29) is 31.2 Å². The minimum absolute atomic E-state index is 0.127. The van der Waals surface area contributed by atoms with E-state index in [9.17, 15) is 14.4 Å². The van der Waals surface area contributed by atoms with Crippen LogP contribution in [0.1, 0.15) is 26.4 Å². The van der Waals surface area contributed by atoms with Gasteiger partial charge in [0.2, 0.25) is 5.91 Å². The quantitative estimate of drug-likeness (QED) is 0.440. The maximum Gasteiger partial charge on any atom is 0.263 e. The van der Waals surface area contributed by atoms with Crippen molar-refractivity contribution in [2.75, 3.05) is 11.9 Å². The van der Waals surface area contributed by atoms with Crippen molar-refractivity contribution in [2.24, 2.45) is 0 Å². The summed E-state index contributed by atoms with van der Waals surface area (Å²) in [6.07, 6.45) is 0. The van der Waals surface area contributed by atoms with Crippen LogP contribution in [0.25, 0.3) is 0 Å². The lowest BCUT2D eigenvalue weighted by atomic mass is 10.1. The Balaban J connectivity index is 1.89. The topological polar surface area (TPSA) is 79.4 Å². The van der Waals surface area contributed by atoms with E-state index in [0.717, 1.165) is 10.6 Å². The summed E-state index contributed by atoms with van der Waals surface area (Å²) < 4.78 is 0. The monoisotopic (exact) mass is 437 g/mol. The normalized spacial score (nSPS) is 13.4. The zero-order valence-corrected chi connectivity index (χ0v) is 16.2. The number of anilines is 1. The number of nitrogens with zero attached hydrogens (tertiary/aromatic N) is 2. The number of aryl methyl sites for hydroxylation is 1. The number of nitrogens with one attached hydrogen (secondary N) is 1. The number of hydrogen-bond donors (Lipinski definition) is 1. The van der Waals surface area contributed by atoms with Gasteiger partial charge in [0, 0.05) is 5.38 Å². The molecular formula is C14H7Cl4N3O3S. The maximum absolute atomic E-state index is 12.5. The van der Waals surface area contributed by atoms with Gasteiger partial charge in [-0.1, -0.05) is 46.4 Å². The second-order valence-electron chi connectivity index (χ2n) is 5.04. The van der Waals surface area contributed by atoms with Gasteiger partial charge in [-0.3, -0.25) is 19.3 Å². The molecule has 0 radical (unpaired) electrons. The third-order valence-electron chi connectivity index (χ3n) is 3.35. The number of benzene rings is 1. The fraction of sp³-hybridized carbons (Fsp3) is 0.143. The van der Waals surface area contributed by atoms with Crippen molar-refractivity contribution in [2.45, 2.75) is 6.92 Å². The number of halogens is 4. The van der Waals surface area contributed by atoms with Crippen LogP contribution >= 0.6 is 57.7 Å². The highest BCUT2D eigenvalue weighted by Crippen LogP contribution is 2.44. The third-order valence-corrected chi connectivity index (χ3v) is 6.03. The van der Waals surface area contributed by atoms with Gasteiger partial charge in [-0.05, 0) is 6.92 Å². The first-order chi connectivity index (χ1) is 11.7. The first kappa shape index (κ1) is 18.4. The zero-order chi connectivity index (χ0) is 18.5. The summed E-state index contributed by atoms with van der Waals surface area (Å²) in [6.45, 7) is 1.25. The van der Waals surface area contributed by atoms with Gasteiger partial charge in [0.25, 0.3) is 11.8 Å². The second kappa shape index (κ2) is 6.74. The molecule has 3 rings (SSSR count). The van der Waals surface area contributed by atoms with E-state index in [1.54, 1.807) is 12.3 Å². The molecule has 0 saturated heterocycles. The summed E-state index contributed by atoms with van der Waals surface area (Å²) in [5.74, 6) is -2.12. The van der Waals surface area contributed by atoms with Gasteiger partial charge in [-0.25, -0.2) is 4.98 Å². The number of imide groups is 1. The highest BCUT2D eigenvalue weighted by molar-refractivity contribution is 7.13. The van der Waals surface area contributed by atoms with Crippen LogP contribution in [0.4, 0.5) is 5.13 Å². The molecule has 0 saturated carbocycles. The maximum atomic E-state index is 12.5. The number of hydrogen-bond acceptors (Lipinski definition) is 5. The van der Waals surface area contributed by atoms with Crippen LogP contribution in [0.15, 0.2) is 5.38 Å². The van der Waals surface area contributed by atoms with Crippen LogP contribution in [0, 0.1) is 6.92 Å². The highest BCUT2D eigenvalue weighted by atomic mass is 35.5. The van der Waals surface area contributed by atoms with E-state index in [1.165, 1.54) is 11.3 Å². The summed E-state index contributed by atoms with van der Waals surface area (Å²) in [6, 6.07) is 0. The molecule has 11 heteroatoms. The highest BCUT2D eigenvalue weighted by Gasteiger charge is 2.42. The van der Waals surface area contributed by atoms with Crippen molar-refractivity contribution in [3.8, 4) is 0 Å². The summed E-state index contributed by atoms with van der Waals surface area (Å²) in [5, 5.41) is 4.02. The first-order valence-electron chi connectivity index (χ1n) is 6.66. The SMILES string of the molecule is Cc1csc(NC(=O)CN2C(=O)c3c(Cl)c(Cl)c(Cl)c(Cl)c3C2=O)n1. The Labute approximate surface area is 165 Å². The van der Waals surface area contributed by atoms with Crippen molar-refractivity contribution in [1.29, 1.82) is 0 Å².